The van der Waals surface area contributed by atoms with Crippen LogP contribution in [0.2, 0.25) is 5.02 Å². The molecule has 0 aliphatic rings. The molecular formula is C20H25ClN3O2S+. The van der Waals surface area contributed by atoms with Gasteiger partial charge in [-0.1, -0.05) is 35.9 Å². The number of amides is 2. The number of halogens is 1. The van der Waals surface area contributed by atoms with E-state index in [9.17, 15) is 9.59 Å². The lowest BCUT2D eigenvalue weighted by molar-refractivity contribution is -0.862. The Labute approximate surface area is 169 Å². The molecule has 0 aromatic heterocycles. The van der Waals surface area contributed by atoms with E-state index in [1.807, 2.05) is 56.6 Å². The summed E-state index contributed by atoms with van der Waals surface area (Å²) < 4.78 is 0. The third-order valence-corrected chi connectivity index (χ3v) is 5.10. The molecule has 2 aromatic carbocycles. The van der Waals surface area contributed by atoms with Gasteiger partial charge in [0.15, 0.2) is 13.1 Å². The predicted octanol–water partition coefficient (Wildman–Crippen LogP) is 2.39. The van der Waals surface area contributed by atoms with Crippen LogP contribution in [0.1, 0.15) is 18.5 Å². The zero-order chi connectivity index (χ0) is 19.8. The molecule has 0 aliphatic carbocycles. The lowest BCUT2D eigenvalue weighted by Gasteiger charge is -2.17. The van der Waals surface area contributed by atoms with Crippen LogP contribution in [0.5, 0.6) is 0 Å². The van der Waals surface area contributed by atoms with Gasteiger partial charge in [0.05, 0.1) is 18.8 Å². The Morgan fingerprint density at radius 1 is 1.07 bits per heavy atom. The molecule has 27 heavy (non-hydrogen) atoms. The Balaban J connectivity index is 1.81. The van der Waals surface area contributed by atoms with Gasteiger partial charge in [0.1, 0.15) is 0 Å². The third-order valence-electron chi connectivity index (χ3n) is 4.05. The first-order chi connectivity index (χ1) is 12.9. The van der Waals surface area contributed by atoms with Gasteiger partial charge in [0, 0.05) is 9.92 Å². The van der Waals surface area contributed by atoms with Crippen LogP contribution in [0, 0.1) is 0 Å². The second kappa shape index (κ2) is 10.3. The van der Waals surface area contributed by atoms with Crippen LogP contribution < -0.4 is 15.5 Å². The van der Waals surface area contributed by atoms with E-state index in [0.29, 0.717) is 5.02 Å². The van der Waals surface area contributed by atoms with Gasteiger partial charge in [-0.3, -0.25) is 9.59 Å². The van der Waals surface area contributed by atoms with Crippen LogP contribution in [0.4, 0.5) is 5.69 Å². The minimum absolute atomic E-state index is 0.104. The second-order valence-corrected chi connectivity index (χ2v) is 7.68. The molecule has 0 radical (unpaired) electrons. The van der Waals surface area contributed by atoms with Crippen LogP contribution >= 0.6 is 23.4 Å². The van der Waals surface area contributed by atoms with Gasteiger partial charge >= 0.3 is 0 Å². The number of carbonyl (C=O) groups excluding carboxylic acids is 2. The van der Waals surface area contributed by atoms with Gasteiger partial charge in [-0.15, -0.1) is 11.8 Å². The van der Waals surface area contributed by atoms with Gasteiger partial charge in [0.25, 0.3) is 11.8 Å². The number of hydrogen-bond donors (Lipinski definition) is 3. The highest BCUT2D eigenvalue weighted by molar-refractivity contribution is 7.98. The van der Waals surface area contributed by atoms with Crippen LogP contribution in [-0.2, 0) is 9.59 Å². The highest BCUT2D eigenvalue weighted by Crippen LogP contribution is 2.24. The maximum absolute atomic E-state index is 12.3. The fraction of sp³-hybridized carbons (Fsp3) is 0.300. The van der Waals surface area contributed by atoms with E-state index in [-0.39, 0.29) is 30.9 Å². The van der Waals surface area contributed by atoms with Gasteiger partial charge in [-0.25, -0.2) is 0 Å². The average Bonchev–Trinajstić information content (AvgIpc) is 2.62. The van der Waals surface area contributed by atoms with Crippen molar-refractivity contribution in [3.63, 3.8) is 0 Å². The number of quaternary nitrogens is 1. The monoisotopic (exact) mass is 406 g/mol. The van der Waals surface area contributed by atoms with Crippen LogP contribution in [0.3, 0.4) is 0 Å². The summed E-state index contributed by atoms with van der Waals surface area (Å²) in [5.41, 5.74) is 1.78. The zero-order valence-corrected chi connectivity index (χ0v) is 17.3. The van der Waals surface area contributed by atoms with E-state index < -0.39 is 0 Å². The smallest absolute Gasteiger partial charge is 0.279 e. The zero-order valence-electron chi connectivity index (χ0n) is 15.7. The SMILES string of the molecule is CSc1ccccc1NC(=O)C[NH+](C)CC(=O)N[C@H](C)c1ccc(Cl)cc1. The third kappa shape index (κ3) is 6.90. The van der Waals surface area contributed by atoms with Crippen LogP contribution in [0.25, 0.3) is 0 Å². The van der Waals surface area contributed by atoms with E-state index in [2.05, 4.69) is 10.6 Å². The summed E-state index contributed by atoms with van der Waals surface area (Å²) >= 11 is 7.47. The molecular weight excluding hydrogens is 382 g/mol. The first-order valence-electron chi connectivity index (χ1n) is 8.68. The molecule has 5 nitrogen and oxygen atoms in total. The highest BCUT2D eigenvalue weighted by atomic mass is 35.5. The van der Waals surface area contributed by atoms with Crippen molar-refractivity contribution in [2.75, 3.05) is 31.7 Å². The van der Waals surface area contributed by atoms with Crippen molar-refractivity contribution >= 4 is 40.9 Å². The van der Waals surface area contributed by atoms with E-state index in [4.69, 9.17) is 11.6 Å². The van der Waals surface area contributed by atoms with E-state index in [1.54, 1.807) is 23.9 Å². The van der Waals surface area contributed by atoms with Crippen molar-refractivity contribution in [1.82, 2.24) is 5.32 Å². The standard InChI is InChI=1S/C20H24ClN3O2S/c1-14(15-8-10-16(21)11-9-15)22-19(25)12-24(2)13-20(26)23-17-6-4-5-7-18(17)27-3/h4-11,14H,12-13H2,1-3H3,(H,22,25)(H,23,26)/p+1/t14-/m1/s1. The quantitative estimate of drug-likeness (QED) is 0.590. The van der Waals surface area contributed by atoms with Gasteiger partial charge in [-0.2, -0.15) is 0 Å². The molecule has 2 aromatic rings. The number of hydrogen-bond acceptors (Lipinski definition) is 3. The first kappa shape index (κ1) is 21.3. The van der Waals surface area contributed by atoms with Crippen molar-refractivity contribution < 1.29 is 14.5 Å². The average molecular weight is 407 g/mol. The number of benzene rings is 2. The first-order valence-corrected chi connectivity index (χ1v) is 10.3. The summed E-state index contributed by atoms with van der Waals surface area (Å²) in [6.45, 7) is 2.35. The predicted molar refractivity (Wildman–Crippen MR) is 111 cm³/mol. The fourth-order valence-electron chi connectivity index (χ4n) is 2.68. The van der Waals surface area contributed by atoms with Crippen molar-refractivity contribution in [1.29, 1.82) is 0 Å². The Kier molecular flexibility index (Phi) is 8.16. The summed E-state index contributed by atoms with van der Waals surface area (Å²) in [4.78, 5) is 26.3. The van der Waals surface area contributed by atoms with Crippen molar-refractivity contribution in [2.45, 2.75) is 17.9 Å². The molecule has 0 aliphatic heterocycles. The number of thioether (sulfide) groups is 1. The summed E-state index contributed by atoms with van der Waals surface area (Å²) in [7, 11) is 1.83. The second-order valence-electron chi connectivity index (χ2n) is 6.40. The molecule has 0 spiro atoms. The normalized spacial score (nSPS) is 12.9. The highest BCUT2D eigenvalue weighted by Gasteiger charge is 2.17. The molecule has 3 N–H and O–H groups in total. The fourth-order valence-corrected chi connectivity index (χ4v) is 3.36. The minimum atomic E-state index is -0.121. The molecule has 0 saturated carbocycles. The lowest BCUT2D eigenvalue weighted by Crippen LogP contribution is -3.11. The Bertz CT molecular complexity index is 783. The maximum atomic E-state index is 12.3. The Morgan fingerprint density at radius 2 is 1.70 bits per heavy atom. The summed E-state index contributed by atoms with van der Waals surface area (Å²) in [6.07, 6.45) is 1.97. The number of nitrogens with one attached hydrogen (secondary N) is 3. The molecule has 2 atom stereocenters. The lowest BCUT2D eigenvalue weighted by atomic mass is 10.1. The number of para-hydroxylation sites is 1. The Morgan fingerprint density at radius 3 is 2.37 bits per heavy atom. The van der Waals surface area contributed by atoms with Crippen LogP contribution in [-0.4, -0.2) is 38.2 Å². The van der Waals surface area contributed by atoms with Gasteiger partial charge in [-0.05, 0) is 43.0 Å². The molecule has 0 saturated heterocycles. The van der Waals surface area contributed by atoms with E-state index >= 15 is 0 Å². The topological polar surface area (TPSA) is 62.6 Å². The summed E-state index contributed by atoms with van der Waals surface area (Å²) in [5.74, 6) is -0.222. The number of likely N-dealkylation sites (N-methyl/N-ethyl adjacent to an activating group) is 1. The molecule has 2 rings (SSSR count). The largest absolute Gasteiger partial charge is 0.345 e. The summed E-state index contributed by atoms with van der Waals surface area (Å²) in [6, 6.07) is 14.9. The molecule has 0 bridgehead atoms. The minimum Gasteiger partial charge on any atom is -0.345 e. The van der Waals surface area contributed by atoms with Crippen molar-refractivity contribution in [2.24, 2.45) is 0 Å². The number of rotatable bonds is 8. The molecule has 1 unspecified atom stereocenters. The molecule has 0 heterocycles. The summed E-state index contributed by atoms with van der Waals surface area (Å²) in [5, 5.41) is 6.53. The Hall–Kier alpha value is -2.02. The number of anilines is 1. The van der Waals surface area contributed by atoms with Crippen LogP contribution in [0.15, 0.2) is 53.4 Å². The van der Waals surface area contributed by atoms with Gasteiger partial charge in [0.2, 0.25) is 0 Å². The number of carbonyl (C=O) groups is 2. The van der Waals surface area contributed by atoms with Gasteiger partial charge < -0.3 is 15.5 Å². The van der Waals surface area contributed by atoms with E-state index in [1.165, 1.54) is 0 Å². The molecule has 144 valence electrons. The maximum Gasteiger partial charge on any atom is 0.279 e. The molecule has 7 heteroatoms. The van der Waals surface area contributed by atoms with Crippen molar-refractivity contribution in [3.05, 3.63) is 59.1 Å². The molecule has 0 fully saturated rings. The molecule has 2 amide bonds. The van der Waals surface area contributed by atoms with Crippen molar-refractivity contribution in [3.8, 4) is 0 Å². The van der Waals surface area contributed by atoms with E-state index in [0.717, 1.165) is 21.0 Å².